The Hall–Kier alpha value is -1.59. The SMILES string of the molecule is COc1ccc(Oc2ccc(C(C)O)nc2)c(Br)c1. The van der Waals surface area contributed by atoms with Crippen LogP contribution in [0.3, 0.4) is 0 Å². The number of aliphatic hydroxyl groups excluding tert-OH is 1. The van der Waals surface area contributed by atoms with Crippen molar-refractivity contribution in [1.29, 1.82) is 0 Å². The highest BCUT2D eigenvalue weighted by molar-refractivity contribution is 9.10. The molecule has 19 heavy (non-hydrogen) atoms. The molecule has 0 amide bonds. The van der Waals surface area contributed by atoms with E-state index in [1.54, 1.807) is 32.4 Å². The zero-order valence-corrected chi connectivity index (χ0v) is 12.2. The Kier molecular flexibility index (Phi) is 4.39. The van der Waals surface area contributed by atoms with E-state index in [0.717, 1.165) is 10.2 Å². The third-order valence-corrected chi connectivity index (χ3v) is 3.17. The van der Waals surface area contributed by atoms with Gasteiger partial charge in [-0.15, -0.1) is 0 Å². The Labute approximate surface area is 120 Å². The maximum absolute atomic E-state index is 9.38. The second-order valence-electron chi connectivity index (χ2n) is 3.99. The molecule has 0 aliphatic rings. The van der Waals surface area contributed by atoms with E-state index < -0.39 is 6.10 Å². The fraction of sp³-hybridized carbons (Fsp3) is 0.214. The van der Waals surface area contributed by atoms with Crippen molar-refractivity contribution >= 4 is 15.9 Å². The van der Waals surface area contributed by atoms with Gasteiger partial charge in [-0.1, -0.05) is 0 Å². The van der Waals surface area contributed by atoms with Crippen LogP contribution in [-0.2, 0) is 0 Å². The van der Waals surface area contributed by atoms with Crippen LogP contribution in [0.5, 0.6) is 17.2 Å². The van der Waals surface area contributed by atoms with Crippen molar-refractivity contribution in [2.24, 2.45) is 0 Å². The highest BCUT2D eigenvalue weighted by Gasteiger charge is 2.06. The van der Waals surface area contributed by atoms with Crippen LogP contribution < -0.4 is 9.47 Å². The van der Waals surface area contributed by atoms with Crippen LogP contribution in [0.4, 0.5) is 0 Å². The topological polar surface area (TPSA) is 51.6 Å². The summed E-state index contributed by atoms with van der Waals surface area (Å²) in [6.45, 7) is 1.67. The molecule has 5 heteroatoms. The van der Waals surface area contributed by atoms with Gasteiger partial charge in [-0.05, 0) is 53.2 Å². The summed E-state index contributed by atoms with van der Waals surface area (Å²) in [6, 6.07) is 8.96. The molecule has 1 heterocycles. The Bertz CT molecular complexity index is 555. The van der Waals surface area contributed by atoms with Gasteiger partial charge in [-0.3, -0.25) is 4.98 Å². The Balaban J connectivity index is 2.16. The third-order valence-electron chi connectivity index (χ3n) is 2.55. The Morgan fingerprint density at radius 3 is 2.47 bits per heavy atom. The summed E-state index contributed by atoms with van der Waals surface area (Å²) >= 11 is 3.42. The lowest BCUT2D eigenvalue weighted by Gasteiger charge is -2.10. The van der Waals surface area contributed by atoms with Crippen LogP contribution in [0, 0.1) is 0 Å². The van der Waals surface area contributed by atoms with E-state index in [1.165, 1.54) is 0 Å². The highest BCUT2D eigenvalue weighted by atomic mass is 79.9. The minimum atomic E-state index is -0.582. The largest absolute Gasteiger partial charge is 0.497 e. The zero-order valence-electron chi connectivity index (χ0n) is 10.6. The van der Waals surface area contributed by atoms with Crippen LogP contribution in [0.1, 0.15) is 18.7 Å². The lowest BCUT2D eigenvalue weighted by Crippen LogP contribution is -1.95. The second kappa shape index (κ2) is 6.04. The van der Waals surface area contributed by atoms with Gasteiger partial charge in [0.2, 0.25) is 0 Å². The van der Waals surface area contributed by atoms with E-state index >= 15 is 0 Å². The molecule has 2 rings (SSSR count). The lowest BCUT2D eigenvalue weighted by molar-refractivity contribution is 0.194. The summed E-state index contributed by atoms with van der Waals surface area (Å²) in [5.41, 5.74) is 0.612. The van der Waals surface area contributed by atoms with Crippen LogP contribution in [-0.4, -0.2) is 17.2 Å². The van der Waals surface area contributed by atoms with Gasteiger partial charge in [0, 0.05) is 0 Å². The first-order valence-corrected chi connectivity index (χ1v) is 6.55. The number of hydrogen-bond acceptors (Lipinski definition) is 4. The first-order chi connectivity index (χ1) is 9.10. The van der Waals surface area contributed by atoms with Crippen molar-refractivity contribution in [3.05, 3.63) is 46.7 Å². The summed E-state index contributed by atoms with van der Waals surface area (Å²) in [6.07, 6.45) is 1.00. The number of nitrogens with zero attached hydrogens (tertiary/aromatic N) is 1. The number of methoxy groups -OCH3 is 1. The van der Waals surface area contributed by atoms with Crippen molar-refractivity contribution in [3.8, 4) is 17.2 Å². The van der Waals surface area contributed by atoms with E-state index in [9.17, 15) is 5.11 Å². The van der Waals surface area contributed by atoms with E-state index in [0.29, 0.717) is 17.2 Å². The van der Waals surface area contributed by atoms with Gasteiger partial charge in [0.25, 0.3) is 0 Å². The molecule has 2 aromatic rings. The second-order valence-corrected chi connectivity index (χ2v) is 4.85. The predicted octanol–water partition coefficient (Wildman–Crippen LogP) is 3.70. The maximum atomic E-state index is 9.38. The Morgan fingerprint density at radius 2 is 1.95 bits per heavy atom. The van der Waals surface area contributed by atoms with Crippen molar-refractivity contribution in [1.82, 2.24) is 4.98 Å². The molecule has 1 atom stereocenters. The van der Waals surface area contributed by atoms with Crippen molar-refractivity contribution in [2.45, 2.75) is 13.0 Å². The highest BCUT2D eigenvalue weighted by Crippen LogP contribution is 2.32. The molecule has 4 nitrogen and oxygen atoms in total. The minimum absolute atomic E-state index is 0.582. The summed E-state index contributed by atoms with van der Waals surface area (Å²) in [5, 5.41) is 9.38. The van der Waals surface area contributed by atoms with Crippen LogP contribution in [0.2, 0.25) is 0 Å². The van der Waals surface area contributed by atoms with Gasteiger partial charge in [-0.25, -0.2) is 0 Å². The fourth-order valence-corrected chi connectivity index (χ4v) is 1.96. The van der Waals surface area contributed by atoms with Gasteiger partial charge in [0.15, 0.2) is 0 Å². The number of aliphatic hydroxyl groups is 1. The van der Waals surface area contributed by atoms with Gasteiger partial charge < -0.3 is 14.6 Å². The molecule has 0 bridgehead atoms. The van der Waals surface area contributed by atoms with Crippen molar-refractivity contribution in [2.75, 3.05) is 7.11 Å². The lowest BCUT2D eigenvalue weighted by atomic mass is 10.2. The molecule has 0 spiro atoms. The number of hydrogen-bond donors (Lipinski definition) is 1. The van der Waals surface area contributed by atoms with Crippen molar-refractivity contribution < 1.29 is 14.6 Å². The van der Waals surface area contributed by atoms with Gasteiger partial charge in [0.05, 0.1) is 29.6 Å². The number of pyridine rings is 1. The smallest absolute Gasteiger partial charge is 0.145 e. The molecule has 100 valence electrons. The predicted molar refractivity (Wildman–Crippen MR) is 75.6 cm³/mol. The van der Waals surface area contributed by atoms with Crippen molar-refractivity contribution in [3.63, 3.8) is 0 Å². The van der Waals surface area contributed by atoms with E-state index in [1.807, 2.05) is 18.2 Å². The molecule has 0 saturated heterocycles. The number of ether oxygens (including phenoxy) is 2. The molecule has 0 saturated carbocycles. The minimum Gasteiger partial charge on any atom is -0.497 e. The average Bonchev–Trinajstić information content (AvgIpc) is 2.41. The fourth-order valence-electron chi connectivity index (χ4n) is 1.52. The summed E-state index contributed by atoms with van der Waals surface area (Å²) in [4.78, 5) is 4.12. The van der Waals surface area contributed by atoms with Gasteiger partial charge in [0.1, 0.15) is 17.2 Å². The summed E-state index contributed by atoms with van der Waals surface area (Å²) in [7, 11) is 1.61. The van der Waals surface area contributed by atoms with Crippen LogP contribution in [0.15, 0.2) is 41.0 Å². The number of rotatable bonds is 4. The van der Waals surface area contributed by atoms with Gasteiger partial charge in [-0.2, -0.15) is 0 Å². The molecular weight excluding hydrogens is 310 g/mol. The number of benzene rings is 1. The van der Waals surface area contributed by atoms with E-state index in [-0.39, 0.29) is 0 Å². The Morgan fingerprint density at radius 1 is 1.21 bits per heavy atom. The first kappa shape index (κ1) is 13.8. The molecule has 0 fully saturated rings. The molecule has 0 aliphatic carbocycles. The number of halogens is 1. The molecule has 1 aromatic carbocycles. The zero-order chi connectivity index (χ0) is 13.8. The standard InChI is InChI=1S/C14H14BrNO3/c1-9(17)13-5-3-11(8-16-13)19-14-6-4-10(18-2)7-12(14)15/h3-9,17H,1-2H3. The van der Waals surface area contributed by atoms with E-state index in [2.05, 4.69) is 20.9 Å². The molecule has 1 N–H and O–H groups in total. The average molecular weight is 324 g/mol. The molecular formula is C14H14BrNO3. The molecule has 1 unspecified atom stereocenters. The molecule has 0 radical (unpaired) electrons. The first-order valence-electron chi connectivity index (χ1n) is 5.75. The quantitative estimate of drug-likeness (QED) is 0.932. The monoisotopic (exact) mass is 323 g/mol. The van der Waals surface area contributed by atoms with Crippen LogP contribution >= 0.6 is 15.9 Å². The van der Waals surface area contributed by atoms with Crippen LogP contribution in [0.25, 0.3) is 0 Å². The normalized spacial score (nSPS) is 12.0. The van der Waals surface area contributed by atoms with E-state index in [4.69, 9.17) is 9.47 Å². The van der Waals surface area contributed by atoms with Gasteiger partial charge >= 0.3 is 0 Å². The molecule has 0 aliphatic heterocycles. The summed E-state index contributed by atoms with van der Waals surface area (Å²) in [5.74, 6) is 2.03. The summed E-state index contributed by atoms with van der Waals surface area (Å²) < 4.78 is 11.6. The maximum Gasteiger partial charge on any atom is 0.145 e. The third kappa shape index (κ3) is 3.45. The number of aromatic nitrogens is 1. The molecule has 1 aromatic heterocycles.